The van der Waals surface area contributed by atoms with E-state index in [0.717, 1.165) is 28.8 Å². The van der Waals surface area contributed by atoms with Crippen LogP contribution in [0.25, 0.3) is 0 Å². The highest BCUT2D eigenvalue weighted by Gasteiger charge is 2.57. The van der Waals surface area contributed by atoms with Gasteiger partial charge in [0.2, 0.25) is 5.91 Å². The highest BCUT2D eigenvalue weighted by molar-refractivity contribution is 9.10. The number of carbonyl (C=O) groups is 2. The predicted molar refractivity (Wildman–Crippen MR) is 107 cm³/mol. The van der Waals surface area contributed by atoms with Gasteiger partial charge in [-0.15, -0.1) is 11.3 Å². The lowest BCUT2D eigenvalue weighted by Crippen LogP contribution is -2.53. The largest absolute Gasteiger partial charge is 0.462 e. The van der Waals surface area contributed by atoms with E-state index in [4.69, 9.17) is 4.74 Å². The molecular formula is C20H26BrNO3S. The first-order chi connectivity index (χ1) is 12.3. The van der Waals surface area contributed by atoms with Crippen molar-refractivity contribution in [1.29, 1.82) is 0 Å². The Labute approximate surface area is 167 Å². The first-order valence-corrected chi connectivity index (χ1v) is 11.2. The minimum Gasteiger partial charge on any atom is -0.462 e. The summed E-state index contributed by atoms with van der Waals surface area (Å²) in [6.07, 6.45) is 8.02. The van der Waals surface area contributed by atoms with Gasteiger partial charge >= 0.3 is 5.97 Å². The molecule has 4 aliphatic rings. The van der Waals surface area contributed by atoms with Crippen LogP contribution in [-0.2, 0) is 9.53 Å². The minimum absolute atomic E-state index is 0.0831. The molecule has 4 fully saturated rings. The number of hydrogen-bond donors (Lipinski definition) is 1. The fraction of sp³-hybridized carbons (Fsp3) is 0.700. The third kappa shape index (κ3) is 3.47. The second-order valence-corrected chi connectivity index (χ2v) is 11.4. The van der Waals surface area contributed by atoms with Crippen LogP contribution >= 0.6 is 27.3 Å². The third-order valence-electron chi connectivity index (χ3n) is 6.29. The molecule has 1 heterocycles. The molecule has 142 valence electrons. The van der Waals surface area contributed by atoms with Crippen molar-refractivity contribution in [1.82, 2.24) is 0 Å². The highest BCUT2D eigenvalue weighted by atomic mass is 79.9. The summed E-state index contributed by atoms with van der Waals surface area (Å²) in [4.78, 5) is 25.3. The van der Waals surface area contributed by atoms with Crippen LogP contribution in [0, 0.1) is 24.2 Å². The molecule has 4 aliphatic carbocycles. The topological polar surface area (TPSA) is 55.4 Å². The van der Waals surface area contributed by atoms with Crippen molar-refractivity contribution >= 4 is 44.1 Å². The maximum absolute atomic E-state index is 12.8. The lowest BCUT2D eigenvalue weighted by Gasteiger charge is -2.60. The smallest absolute Gasteiger partial charge is 0.348 e. The average Bonchev–Trinajstić information content (AvgIpc) is 2.84. The van der Waals surface area contributed by atoms with Gasteiger partial charge < -0.3 is 10.1 Å². The Balaban J connectivity index is 1.43. The SMILES string of the molecule is CCOC(=O)c1sc(NC(=O)CC23C[C@H]4C[C@@H](CC(Br)(C4)C2)C3)cc1C. The minimum atomic E-state index is -0.308. The van der Waals surface area contributed by atoms with E-state index < -0.39 is 0 Å². The molecule has 1 aromatic heterocycles. The van der Waals surface area contributed by atoms with Gasteiger partial charge in [-0.3, -0.25) is 4.79 Å². The van der Waals surface area contributed by atoms with Crippen LogP contribution in [-0.4, -0.2) is 22.8 Å². The molecule has 1 aromatic rings. The van der Waals surface area contributed by atoms with E-state index in [1.807, 2.05) is 13.0 Å². The van der Waals surface area contributed by atoms with E-state index >= 15 is 0 Å². The van der Waals surface area contributed by atoms with Gasteiger partial charge in [-0.25, -0.2) is 4.79 Å². The summed E-state index contributed by atoms with van der Waals surface area (Å²) in [5.41, 5.74) is 1.02. The quantitative estimate of drug-likeness (QED) is 0.500. The summed E-state index contributed by atoms with van der Waals surface area (Å²) in [5.74, 6) is 1.34. The lowest BCUT2D eigenvalue weighted by molar-refractivity contribution is -0.123. The standard InChI is InChI=1S/C20H26BrNO3S/c1-3-25-18(24)17-12(2)4-16(26-17)22-15(23)10-19-6-13-5-14(7-19)9-20(21,8-13)11-19/h4,13-14H,3,5-11H2,1-2H3,(H,22,23)/t13-,14-,19?,20?/m1/s1. The van der Waals surface area contributed by atoms with Gasteiger partial charge in [0.05, 0.1) is 11.6 Å². The number of alkyl halides is 1. The highest BCUT2D eigenvalue weighted by Crippen LogP contribution is 2.65. The summed E-state index contributed by atoms with van der Waals surface area (Å²) in [7, 11) is 0. The van der Waals surface area contributed by atoms with Crippen LogP contribution in [0.3, 0.4) is 0 Å². The third-order valence-corrected chi connectivity index (χ3v) is 8.35. The Hall–Kier alpha value is -0.880. The Morgan fingerprint density at radius 2 is 2.00 bits per heavy atom. The Morgan fingerprint density at radius 1 is 1.31 bits per heavy atom. The number of esters is 1. The summed E-state index contributed by atoms with van der Waals surface area (Å²) in [5, 5.41) is 3.79. The first kappa shape index (κ1) is 18.5. The van der Waals surface area contributed by atoms with Crippen LogP contribution in [0.2, 0.25) is 0 Å². The number of nitrogens with one attached hydrogen (secondary N) is 1. The molecule has 0 aromatic carbocycles. The van der Waals surface area contributed by atoms with E-state index in [9.17, 15) is 9.59 Å². The van der Waals surface area contributed by atoms with Crippen molar-refractivity contribution in [3.63, 3.8) is 0 Å². The molecular weight excluding hydrogens is 414 g/mol. The molecule has 0 unspecified atom stereocenters. The van der Waals surface area contributed by atoms with E-state index in [2.05, 4.69) is 21.2 Å². The number of anilines is 1. The van der Waals surface area contributed by atoms with Crippen molar-refractivity contribution < 1.29 is 14.3 Å². The molecule has 1 amide bonds. The van der Waals surface area contributed by atoms with Crippen LogP contribution in [0.15, 0.2) is 6.07 Å². The van der Waals surface area contributed by atoms with E-state index in [-0.39, 0.29) is 21.6 Å². The van der Waals surface area contributed by atoms with Crippen LogP contribution < -0.4 is 5.32 Å². The van der Waals surface area contributed by atoms with Crippen LogP contribution in [0.5, 0.6) is 0 Å². The van der Waals surface area contributed by atoms with Crippen molar-refractivity contribution in [3.05, 3.63) is 16.5 Å². The van der Waals surface area contributed by atoms with Gasteiger partial charge in [0.15, 0.2) is 0 Å². The van der Waals surface area contributed by atoms with Crippen molar-refractivity contribution in [2.24, 2.45) is 17.3 Å². The summed E-state index contributed by atoms with van der Waals surface area (Å²) in [6.45, 7) is 4.04. The van der Waals surface area contributed by atoms with Crippen LogP contribution in [0.4, 0.5) is 5.00 Å². The maximum Gasteiger partial charge on any atom is 0.348 e. The van der Waals surface area contributed by atoms with Crippen molar-refractivity contribution in [3.8, 4) is 0 Å². The lowest BCUT2D eigenvalue weighted by atomic mass is 9.48. The molecule has 6 heteroatoms. The monoisotopic (exact) mass is 439 g/mol. The second kappa shape index (κ2) is 6.62. The summed E-state index contributed by atoms with van der Waals surface area (Å²) < 4.78 is 5.35. The predicted octanol–water partition coefficient (Wildman–Crippen LogP) is 5.30. The fourth-order valence-electron chi connectivity index (χ4n) is 6.01. The van der Waals surface area contributed by atoms with E-state index in [1.54, 1.807) is 6.92 Å². The number of rotatable bonds is 5. The molecule has 1 N–H and O–H groups in total. The Kier molecular flexibility index (Phi) is 4.71. The number of ether oxygens (including phenoxy) is 1. The molecule has 0 aliphatic heterocycles. The van der Waals surface area contributed by atoms with E-state index in [1.165, 1.54) is 43.4 Å². The van der Waals surface area contributed by atoms with Gasteiger partial charge in [-0.1, -0.05) is 15.9 Å². The first-order valence-electron chi connectivity index (χ1n) is 9.56. The molecule has 4 saturated carbocycles. The van der Waals surface area contributed by atoms with Gasteiger partial charge in [0.1, 0.15) is 4.88 Å². The number of aryl methyl sites for hydroxylation is 1. The average molecular weight is 440 g/mol. The Morgan fingerprint density at radius 3 is 2.62 bits per heavy atom. The molecule has 26 heavy (non-hydrogen) atoms. The number of carbonyl (C=O) groups excluding carboxylic acids is 2. The van der Waals surface area contributed by atoms with Gasteiger partial charge in [0.25, 0.3) is 0 Å². The summed E-state index contributed by atoms with van der Waals surface area (Å²) in [6, 6.07) is 1.88. The zero-order valence-corrected chi connectivity index (χ0v) is 17.8. The molecule has 0 saturated heterocycles. The van der Waals surface area contributed by atoms with Gasteiger partial charge in [-0.05, 0) is 81.3 Å². The van der Waals surface area contributed by atoms with Crippen LogP contribution in [0.1, 0.15) is 67.1 Å². The zero-order chi connectivity index (χ0) is 18.5. The van der Waals surface area contributed by atoms with E-state index in [0.29, 0.717) is 17.9 Å². The van der Waals surface area contributed by atoms with Crippen molar-refractivity contribution in [2.45, 2.75) is 63.1 Å². The summed E-state index contributed by atoms with van der Waals surface area (Å²) >= 11 is 5.32. The fourth-order valence-corrected chi connectivity index (χ4v) is 8.50. The normalized spacial score (nSPS) is 34.7. The maximum atomic E-state index is 12.8. The molecule has 5 rings (SSSR count). The molecule has 4 bridgehead atoms. The second-order valence-electron chi connectivity index (χ2n) is 8.68. The Bertz CT molecular complexity index is 729. The molecule has 0 spiro atoms. The van der Waals surface area contributed by atoms with Gasteiger partial charge in [-0.2, -0.15) is 0 Å². The molecule has 4 nitrogen and oxygen atoms in total. The molecule has 2 atom stereocenters. The zero-order valence-electron chi connectivity index (χ0n) is 15.4. The number of hydrogen-bond acceptors (Lipinski definition) is 4. The van der Waals surface area contributed by atoms with Gasteiger partial charge in [0, 0.05) is 10.7 Å². The molecule has 0 radical (unpaired) electrons. The number of thiophene rings is 1. The number of amides is 1. The number of halogens is 1. The van der Waals surface area contributed by atoms with Crippen molar-refractivity contribution in [2.75, 3.05) is 11.9 Å².